The van der Waals surface area contributed by atoms with E-state index in [0.29, 0.717) is 13.1 Å². The summed E-state index contributed by atoms with van der Waals surface area (Å²) in [4.78, 5) is 58.4. The molecule has 50 heavy (non-hydrogen) atoms. The van der Waals surface area contributed by atoms with Crippen molar-refractivity contribution in [2.45, 2.75) is 122 Å². The highest BCUT2D eigenvalue weighted by molar-refractivity contribution is 5.92. The number of rotatable bonds is 18. The molecule has 4 amide bonds. The molecular formula is C39H65N5O6. The number of nitrogens with one attached hydrogen (secondary N) is 3. The third-order valence-corrected chi connectivity index (χ3v) is 11.2. The van der Waals surface area contributed by atoms with Crippen molar-refractivity contribution in [3.05, 3.63) is 36.5 Å². The van der Waals surface area contributed by atoms with Crippen LogP contribution in [0.3, 0.4) is 0 Å². The zero-order chi connectivity index (χ0) is 37.0. The van der Waals surface area contributed by atoms with E-state index in [9.17, 15) is 19.2 Å². The number of amides is 4. The smallest absolute Gasteiger partial charge is 0.245 e. The average molecular weight is 700 g/mol. The highest BCUT2D eigenvalue weighted by Gasteiger charge is 2.44. The fraction of sp³-hybridized carbons (Fsp3) is 0.744. The summed E-state index contributed by atoms with van der Waals surface area (Å²) in [6.45, 7) is 13.6. The molecule has 0 spiro atoms. The van der Waals surface area contributed by atoms with Gasteiger partial charge in [0.25, 0.3) is 0 Å². The first-order valence-corrected chi connectivity index (χ1v) is 18.8. The molecule has 1 aliphatic carbocycles. The molecule has 0 saturated carbocycles. The minimum absolute atomic E-state index is 0.0179. The number of carbonyl (C=O) groups is 4. The zero-order valence-corrected chi connectivity index (χ0v) is 32.1. The van der Waals surface area contributed by atoms with Gasteiger partial charge >= 0.3 is 0 Å². The highest BCUT2D eigenvalue weighted by atomic mass is 16.5. The van der Waals surface area contributed by atoms with Gasteiger partial charge in [-0.2, -0.15) is 0 Å². The molecule has 6 unspecified atom stereocenters. The zero-order valence-electron chi connectivity index (χ0n) is 32.1. The first kappa shape index (κ1) is 41.4. The lowest BCUT2D eigenvalue weighted by molar-refractivity contribution is -0.148. The van der Waals surface area contributed by atoms with E-state index in [1.807, 2.05) is 56.9 Å². The molecule has 2 saturated heterocycles. The molecule has 2 aliphatic heterocycles. The van der Waals surface area contributed by atoms with Gasteiger partial charge in [-0.25, -0.2) is 0 Å². The number of hydrogen-bond donors (Lipinski definition) is 3. The molecule has 2 heterocycles. The van der Waals surface area contributed by atoms with Crippen molar-refractivity contribution in [1.29, 1.82) is 0 Å². The highest BCUT2D eigenvalue weighted by Crippen LogP contribution is 2.30. The average Bonchev–Trinajstić information content (AvgIpc) is 3.69. The van der Waals surface area contributed by atoms with Gasteiger partial charge in [0.1, 0.15) is 6.04 Å². The number of hydrogen-bond acceptors (Lipinski definition) is 7. The summed E-state index contributed by atoms with van der Waals surface area (Å²) in [5.74, 6) is -0.866. The van der Waals surface area contributed by atoms with Gasteiger partial charge in [0.05, 0.1) is 42.2 Å². The van der Waals surface area contributed by atoms with Crippen LogP contribution in [0.5, 0.6) is 0 Å². The molecule has 3 aliphatic rings. The Morgan fingerprint density at radius 2 is 1.70 bits per heavy atom. The Balaban J connectivity index is 1.70. The van der Waals surface area contributed by atoms with Gasteiger partial charge in [-0.1, -0.05) is 77.5 Å². The van der Waals surface area contributed by atoms with Gasteiger partial charge < -0.3 is 35.2 Å². The summed E-state index contributed by atoms with van der Waals surface area (Å²) in [6, 6.07) is -1.38. The van der Waals surface area contributed by atoms with Crippen LogP contribution in [0.25, 0.3) is 0 Å². The predicted molar refractivity (Wildman–Crippen MR) is 197 cm³/mol. The van der Waals surface area contributed by atoms with E-state index < -0.39 is 35.7 Å². The van der Waals surface area contributed by atoms with Gasteiger partial charge in [-0.3, -0.25) is 19.2 Å². The summed E-state index contributed by atoms with van der Waals surface area (Å²) < 4.78 is 11.9. The van der Waals surface area contributed by atoms with Crippen LogP contribution in [0.4, 0.5) is 0 Å². The quantitative estimate of drug-likeness (QED) is 0.197. The molecule has 8 atom stereocenters. The Hall–Kier alpha value is -3.02. The van der Waals surface area contributed by atoms with Gasteiger partial charge in [0.2, 0.25) is 23.6 Å². The molecule has 0 aromatic carbocycles. The van der Waals surface area contributed by atoms with E-state index in [4.69, 9.17) is 9.47 Å². The van der Waals surface area contributed by atoms with Gasteiger partial charge in [-0.05, 0) is 63.3 Å². The molecule has 2 fully saturated rings. The lowest BCUT2D eigenvalue weighted by atomic mass is 9.89. The molecule has 11 nitrogen and oxygen atoms in total. The summed E-state index contributed by atoms with van der Waals surface area (Å²) in [6.07, 6.45) is 16.1. The number of allylic oxidation sites excluding steroid dienone is 6. The van der Waals surface area contributed by atoms with Crippen LogP contribution in [0.2, 0.25) is 0 Å². The SMILES string of the molecule is CCC(C)C(C(CC(=O)N1CCC[C@H]1C(OC)C(C)C(=O)NCCC1C=CC=CC=C1)OC)N(C)C(=O)C(NC(=O)[C@@]1(C)CCCN1)C(C)C. The Morgan fingerprint density at radius 1 is 1.02 bits per heavy atom. The van der Waals surface area contributed by atoms with Crippen molar-refractivity contribution in [3.63, 3.8) is 0 Å². The molecule has 282 valence electrons. The number of likely N-dealkylation sites (tertiary alicyclic amines) is 1. The Labute approximate surface area is 301 Å². The van der Waals surface area contributed by atoms with E-state index in [1.54, 1.807) is 26.2 Å². The first-order chi connectivity index (χ1) is 23.8. The fourth-order valence-electron chi connectivity index (χ4n) is 7.75. The van der Waals surface area contributed by atoms with E-state index in [2.05, 4.69) is 41.9 Å². The monoisotopic (exact) mass is 699 g/mol. The van der Waals surface area contributed by atoms with E-state index in [1.165, 1.54) is 0 Å². The van der Waals surface area contributed by atoms with E-state index in [-0.39, 0.29) is 53.8 Å². The number of methoxy groups -OCH3 is 2. The van der Waals surface area contributed by atoms with Gasteiger partial charge in [0, 0.05) is 34.4 Å². The third-order valence-electron chi connectivity index (χ3n) is 11.2. The van der Waals surface area contributed by atoms with Crippen LogP contribution in [-0.2, 0) is 28.7 Å². The summed E-state index contributed by atoms with van der Waals surface area (Å²) in [5.41, 5.74) is -0.699. The number of nitrogens with zero attached hydrogens (tertiary/aromatic N) is 2. The van der Waals surface area contributed by atoms with Crippen molar-refractivity contribution in [2.24, 2.45) is 23.7 Å². The van der Waals surface area contributed by atoms with Gasteiger partial charge in [-0.15, -0.1) is 0 Å². The number of ether oxygens (including phenoxy) is 2. The van der Waals surface area contributed by atoms with Crippen LogP contribution in [0.1, 0.15) is 86.5 Å². The molecule has 3 rings (SSSR count). The maximum Gasteiger partial charge on any atom is 0.245 e. The standard InChI is InChI=1S/C39H65N5O6/c1-10-27(4)34(43(7)37(47)33(26(2)3)42-38(48)39(6)21-16-22-41-39)31(49-8)25-32(45)44-24-15-19-30(44)35(50-9)28(5)36(46)40-23-20-29-17-13-11-12-14-18-29/h11-14,17-18,26-31,33-35,41H,10,15-16,19-25H2,1-9H3,(H,40,46)(H,42,48)/t27?,28?,30-,31?,33?,34?,35?,39+/m0/s1. The summed E-state index contributed by atoms with van der Waals surface area (Å²) in [7, 11) is 4.95. The van der Waals surface area contributed by atoms with Gasteiger partial charge in [0.15, 0.2) is 0 Å². The maximum atomic E-state index is 14.1. The normalized spacial score (nSPS) is 24.4. The van der Waals surface area contributed by atoms with Crippen molar-refractivity contribution >= 4 is 23.6 Å². The molecule has 11 heteroatoms. The largest absolute Gasteiger partial charge is 0.379 e. The predicted octanol–water partition coefficient (Wildman–Crippen LogP) is 3.99. The van der Waals surface area contributed by atoms with Crippen molar-refractivity contribution in [3.8, 4) is 0 Å². The molecular weight excluding hydrogens is 634 g/mol. The topological polar surface area (TPSA) is 129 Å². The molecule has 0 aromatic heterocycles. The Bertz CT molecular complexity index is 1210. The lowest BCUT2D eigenvalue weighted by Gasteiger charge is -2.41. The number of carbonyl (C=O) groups excluding carboxylic acids is 4. The van der Waals surface area contributed by atoms with Crippen molar-refractivity contribution in [2.75, 3.05) is 40.9 Å². The molecule has 0 bridgehead atoms. The second-order valence-electron chi connectivity index (χ2n) is 15.0. The first-order valence-electron chi connectivity index (χ1n) is 18.8. The Kier molecular flexibility index (Phi) is 16.2. The minimum atomic E-state index is -0.721. The summed E-state index contributed by atoms with van der Waals surface area (Å²) >= 11 is 0. The third kappa shape index (κ3) is 10.5. The van der Waals surface area contributed by atoms with Crippen LogP contribution in [-0.4, -0.2) is 110 Å². The maximum absolute atomic E-state index is 14.1. The lowest BCUT2D eigenvalue weighted by Crippen LogP contribution is -2.61. The van der Waals surface area contributed by atoms with Crippen molar-refractivity contribution in [1.82, 2.24) is 25.8 Å². The second-order valence-corrected chi connectivity index (χ2v) is 15.0. The van der Waals surface area contributed by atoms with E-state index >= 15 is 0 Å². The molecule has 3 N–H and O–H groups in total. The van der Waals surface area contributed by atoms with Crippen molar-refractivity contribution < 1.29 is 28.7 Å². The minimum Gasteiger partial charge on any atom is -0.379 e. The van der Waals surface area contributed by atoms with Crippen LogP contribution in [0, 0.1) is 23.7 Å². The number of likely N-dealkylation sites (N-methyl/N-ethyl adjacent to an activating group) is 1. The van der Waals surface area contributed by atoms with Crippen LogP contribution < -0.4 is 16.0 Å². The molecule has 0 radical (unpaired) electrons. The van der Waals surface area contributed by atoms with Crippen LogP contribution >= 0.6 is 0 Å². The second kappa shape index (κ2) is 19.6. The van der Waals surface area contributed by atoms with E-state index in [0.717, 1.165) is 45.1 Å². The molecule has 0 aromatic rings. The Morgan fingerprint density at radius 3 is 2.26 bits per heavy atom. The summed E-state index contributed by atoms with van der Waals surface area (Å²) in [5, 5.41) is 9.41. The van der Waals surface area contributed by atoms with Crippen LogP contribution in [0.15, 0.2) is 36.5 Å². The fourth-order valence-corrected chi connectivity index (χ4v) is 7.75.